The molecule has 1 atom stereocenters. The summed E-state index contributed by atoms with van der Waals surface area (Å²) in [4.78, 5) is 25.2. The number of Topliss-reactive ketones (excluding diaryl/α,β-unsaturated/α-hetero) is 1. The van der Waals surface area contributed by atoms with Gasteiger partial charge in [-0.05, 0) is 13.8 Å². The molecule has 0 aliphatic rings. The molecule has 0 spiro atoms. The molecule has 0 aromatic heterocycles. The first-order valence-electron chi connectivity index (χ1n) is 4.22. The van der Waals surface area contributed by atoms with E-state index >= 15 is 0 Å². The fourth-order valence-corrected chi connectivity index (χ4v) is 0.799. The van der Waals surface area contributed by atoms with Gasteiger partial charge in [0.2, 0.25) is 0 Å². The molecule has 5 heteroatoms. The molecule has 0 rings (SSSR count). The highest BCUT2D eigenvalue weighted by Crippen LogP contribution is 2.04. The smallest absolute Gasteiger partial charge is 0.341 e. The quantitative estimate of drug-likeness (QED) is 0.225. The van der Waals surface area contributed by atoms with Crippen molar-refractivity contribution in [1.29, 1.82) is 5.26 Å². The Bertz CT molecular complexity index is 357. The van der Waals surface area contributed by atoms with Gasteiger partial charge in [-0.25, -0.2) is 11.4 Å². The number of carbonyl (C=O) groups is 2. The average Bonchev–Trinajstić information content (AvgIpc) is 2.19. The number of nitrogens with zero attached hydrogens (tertiary/aromatic N) is 2. The van der Waals surface area contributed by atoms with Crippen molar-refractivity contribution >= 4 is 11.8 Å². The molecule has 0 saturated carbocycles. The minimum Gasteiger partial charge on any atom is -0.462 e. The van der Waals surface area contributed by atoms with E-state index in [2.05, 4.69) is 9.58 Å². The molecule has 0 fully saturated rings. The third-order valence-electron chi connectivity index (χ3n) is 1.47. The van der Waals surface area contributed by atoms with Gasteiger partial charge in [0.25, 0.3) is 0 Å². The summed E-state index contributed by atoms with van der Waals surface area (Å²) in [6.45, 7) is 9.55. The summed E-state index contributed by atoms with van der Waals surface area (Å²) in [6, 6.07) is 0.512. The van der Waals surface area contributed by atoms with Gasteiger partial charge in [-0.15, -0.1) is 0 Å². The molecule has 0 saturated heterocycles. The van der Waals surface area contributed by atoms with Crippen LogP contribution >= 0.6 is 0 Å². The molecule has 0 aliphatic heterocycles. The van der Waals surface area contributed by atoms with Crippen LogP contribution in [0, 0.1) is 17.9 Å². The van der Waals surface area contributed by atoms with Crippen LogP contribution in [0.5, 0.6) is 0 Å². The molecule has 0 radical (unpaired) electrons. The fourth-order valence-electron chi connectivity index (χ4n) is 0.799. The lowest BCUT2D eigenvalue weighted by Crippen LogP contribution is -2.15. The lowest BCUT2D eigenvalue weighted by Gasteiger charge is -2.02. The standard InChI is InChI=1S/C10H10N2O3/c1-4-15-10(14)9(7(2)13)5-8(6-11)12-3/h5,8H,4H2,1-2H3. The molecular formula is C10H10N2O3. The number of nitriles is 1. The van der Waals surface area contributed by atoms with Crippen molar-refractivity contribution in [2.45, 2.75) is 19.9 Å². The predicted octanol–water partition coefficient (Wildman–Crippen LogP) is 0.876. The van der Waals surface area contributed by atoms with Crippen molar-refractivity contribution in [3.63, 3.8) is 0 Å². The minimum atomic E-state index is -1.13. The van der Waals surface area contributed by atoms with Gasteiger partial charge in [0.15, 0.2) is 11.9 Å². The van der Waals surface area contributed by atoms with E-state index in [1.807, 2.05) is 0 Å². The van der Waals surface area contributed by atoms with Crippen LogP contribution in [0.25, 0.3) is 4.85 Å². The van der Waals surface area contributed by atoms with Crippen LogP contribution in [-0.4, -0.2) is 24.4 Å². The highest BCUT2D eigenvalue weighted by atomic mass is 16.5. The lowest BCUT2D eigenvalue weighted by atomic mass is 10.1. The van der Waals surface area contributed by atoms with E-state index < -0.39 is 17.8 Å². The van der Waals surface area contributed by atoms with Crippen LogP contribution < -0.4 is 0 Å². The second-order valence-electron chi connectivity index (χ2n) is 2.56. The first-order chi connectivity index (χ1) is 7.06. The highest BCUT2D eigenvalue weighted by Gasteiger charge is 2.19. The highest BCUT2D eigenvalue weighted by molar-refractivity contribution is 6.16. The van der Waals surface area contributed by atoms with Crippen LogP contribution in [0.3, 0.4) is 0 Å². The van der Waals surface area contributed by atoms with Crippen molar-refractivity contribution in [2.24, 2.45) is 0 Å². The molecule has 0 aliphatic carbocycles. The number of esters is 1. The van der Waals surface area contributed by atoms with Crippen LogP contribution in [0.4, 0.5) is 0 Å². The first-order valence-corrected chi connectivity index (χ1v) is 4.22. The number of carbonyl (C=O) groups excluding carboxylic acids is 2. The predicted molar refractivity (Wildman–Crippen MR) is 51.4 cm³/mol. The Kier molecular flexibility index (Phi) is 5.43. The van der Waals surface area contributed by atoms with E-state index in [0.717, 1.165) is 6.08 Å². The Morgan fingerprint density at radius 1 is 1.67 bits per heavy atom. The first kappa shape index (κ1) is 12.9. The molecule has 5 nitrogen and oxygen atoms in total. The van der Waals surface area contributed by atoms with Gasteiger partial charge in [0, 0.05) is 6.08 Å². The molecule has 15 heavy (non-hydrogen) atoms. The maximum atomic E-state index is 11.2. The zero-order valence-electron chi connectivity index (χ0n) is 8.48. The van der Waals surface area contributed by atoms with Crippen LogP contribution in [0.2, 0.25) is 0 Å². The molecule has 0 aromatic rings. The minimum absolute atomic E-state index is 0.138. The van der Waals surface area contributed by atoms with Crippen molar-refractivity contribution in [3.8, 4) is 6.07 Å². The lowest BCUT2D eigenvalue weighted by molar-refractivity contribution is -0.139. The molecule has 0 heterocycles. The maximum Gasteiger partial charge on any atom is 0.341 e. The Labute approximate surface area is 87.8 Å². The summed E-state index contributed by atoms with van der Waals surface area (Å²) in [6.07, 6.45) is 1.02. The Balaban J connectivity index is 5.00. The summed E-state index contributed by atoms with van der Waals surface area (Å²) >= 11 is 0. The number of ketones is 1. The van der Waals surface area contributed by atoms with E-state index in [0.29, 0.717) is 0 Å². The van der Waals surface area contributed by atoms with Crippen molar-refractivity contribution in [1.82, 2.24) is 0 Å². The zero-order valence-corrected chi connectivity index (χ0v) is 8.48. The molecular weight excluding hydrogens is 196 g/mol. The van der Waals surface area contributed by atoms with Gasteiger partial charge in [-0.1, -0.05) is 0 Å². The Morgan fingerprint density at radius 2 is 2.27 bits per heavy atom. The SMILES string of the molecule is [C-]#[N+]C(C#N)C=C(C(C)=O)C(=O)OCC. The molecule has 0 bridgehead atoms. The summed E-state index contributed by atoms with van der Waals surface area (Å²) < 4.78 is 4.61. The molecule has 0 aromatic carbocycles. The van der Waals surface area contributed by atoms with Gasteiger partial charge >= 0.3 is 12.0 Å². The summed E-state index contributed by atoms with van der Waals surface area (Å²) in [7, 11) is 0. The summed E-state index contributed by atoms with van der Waals surface area (Å²) in [5.74, 6) is -1.31. The van der Waals surface area contributed by atoms with E-state index in [4.69, 9.17) is 11.8 Å². The van der Waals surface area contributed by atoms with E-state index in [9.17, 15) is 9.59 Å². The molecule has 0 N–H and O–H groups in total. The molecule has 0 amide bonds. The Morgan fingerprint density at radius 3 is 2.60 bits per heavy atom. The van der Waals surface area contributed by atoms with Gasteiger partial charge in [-0.3, -0.25) is 9.64 Å². The van der Waals surface area contributed by atoms with Gasteiger partial charge in [-0.2, -0.15) is 5.26 Å². The summed E-state index contributed by atoms with van der Waals surface area (Å²) in [5.41, 5.74) is -0.251. The summed E-state index contributed by atoms with van der Waals surface area (Å²) in [5, 5.41) is 8.50. The van der Waals surface area contributed by atoms with E-state index in [1.165, 1.54) is 6.92 Å². The Hall–Kier alpha value is -2.14. The van der Waals surface area contributed by atoms with Gasteiger partial charge in [0.05, 0.1) is 6.61 Å². The molecule has 78 valence electrons. The zero-order chi connectivity index (χ0) is 11.8. The number of ether oxygens (including phenoxy) is 1. The maximum absolute atomic E-state index is 11.2. The third kappa shape index (κ3) is 4.06. The topological polar surface area (TPSA) is 71.5 Å². The third-order valence-corrected chi connectivity index (χ3v) is 1.47. The van der Waals surface area contributed by atoms with Crippen LogP contribution in [0.15, 0.2) is 11.6 Å². The number of hydrogen-bond acceptors (Lipinski definition) is 4. The largest absolute Gasteiger partial charge is 0.462 e. The van der Waals surface area contributed by atoms with Crippen LogP contribution in [-0.2, 0) is 14.3 Å². The number of rotatable bonds is 4. The van der Waals surface area contributed by atoms with Gasteiger partial charge < -0.3 is 4.74 Å². The van der Waals surface area contributed by atoms with Gasteiger partial charge in [0.1, 0.15) is 5.57 Å². The van der Waals surface area contributed by atoms with E-state index in [-0.39, 0.29) is 12.2 Å². The van der Waals surface area contributed by atoms with Crippen LogP contribution in [0.1, 0.15) is 13.8 Å². The van der Waals surface area contributed by atoms with Crippen molar-refractivity contribution in [2.75, 3.05) is 6.61 Å². The second-order valence-corrected chi connectivity index (χ2v) is 2.56. The van der Waals surface area contributed by atoms with E-state index in [1.54, 1.807) is 13.0 Å². The normalized spacial score (nSPS) is 12.1. The average molecular weight is 206 g/mol. The monoisotopic (exact) mass is 206 g/mol. The molecule has 1 unspecified atom stereocenters. The van der Waals surface area contributed by atoms with Crippen molar-refractivity contribution in [3.05, 3.63) is 23.1 Å². The second kappa shape index (κ2) is 6.33. The number of hydrogen-bond donors (Lipinski definition) is 0. The van der Waals surface area contributed by atoms with Crippen molar-refractivity contribution < 1.29 is 14.3 Å². The fraction of sp³-hybridized carbons (Fsp3) is 0.400.